The summed E-state index contributed by atoms with van der Waals surface area (Å²) in [5.74, 6) is -1.81. The van der Waals surface area contributed by atoms with Crippen LogP contribution >= 0.6 is 12.2 Å². The number of nitrogens with one attached hydrogen (secondary N) is 3. The van der Waals surface area contributed by atoms with Crippen LogP contribution in [0, 0.1) is 0 Å². The minimum Gasteiger partial charge on any atom is -0.507 e. The molecule has 0 spiro atoms. The van der Waals surface area contributed by atoms with E-state index in [0.717, 1.165) is 0 Å². The van der Waals surface area contributed by atoms with Gasteiger partial charge in [0.15, 0.2) is 0 Å². The van der Waals surface area contributed by atoms with Crippen LogP contribution in [0.15, 0.2) is 53.6 Å². The highest BCUT2D eigenvalue weighted by molar-refractivity contribution is 7.80. The van der Waals surface area contributed by atoms with Crippen LogP contribution in [0.4, 0.5) is 0 Å². The van der Waals surface area contributed by atoms with Crippen molar-refractivity contribution in [2.45, 2.75) is 0 Å². The number of amides is 1. The smallest absolute Gasteiger partial charge is 0.336 e. The molecule has 0 aliphatic rings. The van der Waals surface area contributed by atoms with Gasteiger partial charge in [0.2, 0.25) is 5.11 Å². The van der Waals surface area contributed by atoms with Crippen LogP contribution in [0.2, 0.25) is 0 Å². The second kappa shape index (κ2) is 8.41. The summed E-state index contributed by atoms with van der Waals surface area (Å²) < 4.78 is 0. The van der Waals surface area contributed by atoms with Crippen molar-refractivity contribution in [2.75, 3.05) is 0 Å². The van der Waals surface area contributed by atoms with Gasteiger partial charge in [0, 0.05) is 5.56 Å². The fraction of sp³-hybridized carbons (Fsp3) is 0. The summed E-state index contributed by atoms with van der Waals surface area (Å²) in [5, 5.41) is 22.4. The van der Waals surface area contributed by atoms with Crippen LogP contribution in [-0.2, 0) is 0 Å². The number of phenols is 1. The number of carbonyl (C=O) groups is 2. The second-order valence-electron chi connectivity index (χ2n) is 4.69. The zero-order chi connectivity index (χ0) is 18.2. The first-order chi connectivity index (χ1) is 12.0. The standard InChI is InChI=1S/C16H14N4O4S/c21-13-8-4-1-5-10(13)9-17-19-16(25)20-18-14(22)11-6-2-3-7-12(11)15(23)24/h1-9,21H,(H,18,22)(H,23,24)(H2,19,20,25)/b17-9+. The highest BCUT2D eigenvalue weighted by Crippen LogP contribution is 2.12. The number of para-hydroxylation sites is 1. The first-order valence-corrected chi connectivity index (χ1v) is 7.39. The number of carboxylic acids is 1. The number of aromatic hydroxyl groups is 1. The van der Waals surface area contributed by atoms with Gasteiger partial charge >= 0.3 is 5.97 Å². The Balaban J connectivity index is 1.89. The van der Waals surface area contributed by atoms with E-state index in [0.29, 0.717) is 5.56 Å². The minimum absolute atomic E-state index is 0.0111. The molecule has 2 rings (SSSR count). The number of carbonyl (C=O) groups excluding carboxylic acids is 1. The Morgan fingerprint density at radius 1 is 1.00 bits per heavy atom. The number of benzene rings is 2. The molecular formula is C16H14N4O4S. The molecule has 128 valence electrons. The molecule has 0 saturated carbocycles. The number of phenolic OH excluding ortho intramolecular Hbond substituents is 1. The fourth-order valence-corrected chi connectivity index (χ4v) is 1.94. The summed E-state index contributed by atoms with van der Waals surface area (Å²) in [7, 11) is 0. The molecule has 0 bridgehead atoms. The summed E-state index contributed by atoms with van der Waals surface area (Å²) in [5.41, 5.74) is 7.47. The number of nitrogens with zero attached hydrogens (tertiary/aromatic N) is 1. The van der Waals surface area contributed by atoms with Crippen molar-refractivity contribution in [2.24, 2.45) is 5.10 Å². The molecule has 0 saturated heterocycles. The summed E-state index contributed by atoms with van der Waals surface area (Å²) in [6, 6.07) is 12.4. The predicted molar refractivity (Wildman–Crippen MR) is 95.4 cm³/mol. The molecular weight excluding hydrogens is 344 g/mol. The van der Waals surface area contributed by atoms with Gasteiger partial charge < -0.3 is 10.2 Å². The Morgan fingerprint density at radius 2 is 1.64 bits per heavy atom. The SMILES string of the molecule is O=C(O)c1ccccc1C(=O)NNC(=S)N/N=C/c1ccccc1O. The van der Waals surface area contributed by atoms with E-state index in [1.165, 1.54) is 30.5 Å². The summed E-state index contributed by atoms with van der Waals surface area (Å²) in [4.78, 5) is 23.1. The molecule has 5 N–H and O–H groups in total. The average Bonchev–Trinajstić information content (AvgIpc) is 2.61. The monoisotopic (exact) mass is 358 g/mol. The number of hydrogen-bond donors (Lipinski definition) is 5. The van der Waals surface area contributed by atoms with Crippen LogP contribution < -0.4 is 16.3 Å². The predicted octanol–water partition coefficient (Wildman–Crippen LogP) is 1.23. The first kappa shape index (κ1) is 17.9. The van der Waals surface area contributed by atoms with Crippen LogP contribution in [0.5, 0.6) is 5.75 Å². The molecule has 0 aliphatic heterocycles. The first-order valence-electron chi connectivity index (χ1n) is 6.98. The quantitative estimate of drug-likeness (QED) is 0.316. The van der Waals surface area contributed by atoms with Gasteiger partial charge in [0.25, 0.3) is 5.91 Å². The maximum atomic E-state index is 12.0. The molecule has 9 heteroatoms. The normalized spacial score (nSPS) is 10.2. The largest absolute Gasteiger partial charge is 0.507 e. The van der Waals surface area contributed by atoms with Gasteiger partial charge in [-0.25, -0.2) is 4.79 Å². The number of aromatic carboxylic acids is 1. The highest BCUT2D eigenvalue weighted by atomic mass is 32.1. The molecule has 0 atom stereocenters. The van der Waals surface area contributed by atoms with Crippen LogP contribution in [0.25, 0.3) is 0 Å². The number of hydrazone groups is 1. The average molecular weight is 358 g/mol. The maximum Gasteiger partial charge on any atom is 0.336 e. The summed E-state index contributed by atoms with van der Waals surface area (Å²) in [6.07, 6.45) is 1.35. The van der Waals surface area contributed by atoms with Crippen molar-refractivity contribution in [3.05, 3.63) is 65.2 Å². The van der Waals surface area contributed by atoms with E-state index in [4.69, 9.17) is 17.3 Å². The Labute approximate surface area is 148 Å². The number of hydrogen-bond acceptors (Lipinski definition) is 5. The van der Waals surface area contributed by atoms with E-state index in [-0.39, 0.29) is 22.0 Å². The van der Waals surface area contributed by atoms with Crippen molar-refractivity contribution < 1.29 is 19.8 Å². The highest BCUT2D eigenvalue weighted by Gasteiger charge is 2.15. The molecule has 0 radical (unpaired) electrons. The Morgan fingerprint density at radius 3 is 2.32 bits per heavy atom. The van der Waals surface area contributed by atoms with Gasteiger partial charge in [-0.1, -0.05) is 24.3 Å². The van der Waals surface area contributed by atoms with Gasteiger partial charge in [-0.3, -0.25) is 21.1 Å². The molecule has 0 heterocycles. The van der Waals surface area contributed by atoms with Crippen molar-refractivity contribution in [3.8, 4) is 5.75 Å². The summed E-state index contributed by atoms with van der Waals surface area (Å²) >= 11 is 4.93. The lowest BCUT2D eigenvalue weighted by atomic mass is 10.1. The lowest BCUT2D eigenvalue weighted by Gasteiger charge is -2.10. The number of thiocarbonyl (C=S) groups is 1. The molecule has 1 amide bonds. The van der Waals surface area contributed by atoms with E-state index in [9.17, 15) is 14.7 Å². The summed E-state index contributed by atoms with van der Waals surface area (Å²) in [6.45, 7) is 0. The van der Waals surface area contributed by atoms with Gasteiger partial charge in [-0.2, -0.15) is 5.10 Å². The fourth-order valence-electron chi connectivity index (χ4n) is 1.83. The molecule has 0 aliphatic carbocycles. The number of carboxylic acid groups (broad SMARTS) is 1. The Kier molecular flexibility index (Phi) is 6.02. The Hall–Kier alpha value is -3.46. The van der Waals surface area contributed by atoms with Gasteiger partial charge in [0.05, 0.1) is 17.3 Å². The maximum absolute atomic E-state index is 12.0. The lowest BCUT2D eigenvalue weighted by molar-refractivity contribution is 0.0690. The molecule has 2 aromatic rings. The number of rotatable bonds is 4. The number of hydrazine groups is 1. The Bertz CT molecular complexity index is 838. The third-order valence-electron chi connectivity index (χ3n) is 3.00. The molecule has 25 heavy (non-hydrogen) atoms. The van der Waals surface area contributed by atoms with E-state index in [2.05, 4.69) is 21.4 Å². The topological polar surface area (TPSA) is 123 Å². The zero-order valence-electron chi connectivity index (χ0n) is 12.8. The third kappa shape index (κ3) is 5.01. The van der Waals surface area contributed by atoms with E-state index in [1.807, 2.05) is 0 Å². The zero-order valence-corrected chi connectivity index (χ0v) is 13.6. The molecule has 2 aromatic carbocycles. The lowest BCUT2D eigenvalue weighted by Crippen LogP contribution is -2.45. The van der Waals surface area contributed by atoms with E-state index in [1.54, 1.807) is 24.3 Å². The third-order valence-corrected chi connectivity index (χ3v) is 3.19. The molecule has 0 aromatic heterocycles. The molecule has 0 unspecified atom stereocenters. The van der Waals surface area contributed by atoms with Crippen LogP contribution in [-0.4, -0.2) is 33.4 Å². The van der Waals surface area contributed by atoms with Gasteiger partial charge in [-0.05, 0) is 36.5 Å². The van der Waals surface area contributed by atoms with Gasteiger partial charge in [-0.15, -0.1) is 0 Å². The van der Waals surface area contributed by atoms with Crippen molar-refractivity contribution in [1.29, 1.82) is 0 Å². The van der Waals surface area contributed by atoms with E-state index < -0.39 is 11.9 Å². The molecule has 8 nitrogen and oxygen atoms in total. The second-order valence-corrected chi connectivity index (χ2v) is 5.10. The minimum atomic E-state index is -1.21. The van der Waals surface area contributed by atoms with Crippen molar-refractivity contribution in [1.82, 2.24) is 16.3 Å². The van der Waals surface area contributed by atoms with Crippen LogP contribution in [0.3, 0.4) is 0 Å². The van der Waals surface area contributed by atoms with Gasteiger partial charge in [0.1, 0.15) is 5.75 Å². The molecule has 0 fully saturated rings. The van der Waals surface area contributed by atoms with Crippen molar-refractivity contribution in [3.63, 3.8) is 0 Å². The van der Waals surface area contributed by atoms with Crippen molar-refractivity contribution >= 4 is 35.4 Å². The van der Waals surface area contributed by atoms with Crippen LogP contribution in [0.1, 0.15) is 26.3 Å². The van der Waals surface area contributed by atoms with E-state index >= 15 is 0 Å².